The van der Waals surface area contributed by atoms with Gasteiger partial charge in [0.05, 0.1) is 25.9 Å². The lowest BCUT2D eigenvalue weighted by molar-refractivity contribution is 0.397. The molecule has 4 nitrogen and oxygen atoms in total. The molecule has 1 N–H and O–H groups in total. The summed E-state index contributed by atoms with van der Waals surface area (Å²) in [4.78, 5) is 0. The molecular weight excluding hydrogens is 230 g/mol. The van der Waals surface area contributed by atoms with Gasteiger partial charge in [-0.25, -0.2) is 0 Å². The average molecular weight is 247 g/mol. The molecule has 0 bridgehead atoms. The van der Waals surface area contributed by atoms with Gasteiger partial charge in [-0.1, -0.05) is 0 Å². The molecule has 18 heavy (non-hydrogen) atoms. The van der Waals surface area contributed by atoms with Crippen molar-refractivity contribution in [3.8, 4) is 11.5 Å². The van der Waals surface area contributed by atoms with Crippen LogP contribution in [0.25, 0.3) is 11.0 Å². The Morgan fingerprint density at radius 3 is 2.78 bits per heavy atom. The average Bonchev–Trinajstić information content (AvgIpc) is 3.15. The Labute approximate surface area is 106 Å². The van der Waals surface area contributed by atoms with Crippen LogP contribution in [0.2, 0.25) is 0 Å². The smallest absolute Gasteiger partial charge is 0.141 e. The topological polar surface area (TPSA) is 43.6 Å². The van der Waals surface area contributed by atoms with Crippen LogP contribution in [0.3, 0.4) is 0 Å². The van der Waals surface area contributed by atoms with E-state index >= 15 is 0 Å². The second-order valence-electron chi connectivity index (χ2n) is 4.62. The van der Waals surface area contributed by atoms with Crippen molar-refractivity contribution in [2.75, 3.05) is 14.2 Å². The first-order valence-electron chi connectivity index (χ1n) is 6.17. The lowest BCUT2D eigenvalue weighted by Crippen LogP contribution is -2.14. The van der Waals surface area contributed by atoms with E-state index in [9.17, 15) is 0 Å². The predicted molar refractivity (Wildman–Crippen MR) is 69.2 cm³/mol. The minimum Gasteiger partial charge on any atom is -0.496 e. The highest BCUT2D eigenvalue weighted by atomic mass is 16.5. The molecule has 0 unspecified atom stereocenters. The quantitative estimate of drug-likeness (QED) is 0.882. The van der Waals surface area contributed by atoms with Gasteiger partial charge in [-0.15, -0.1) is 0 Å². The van der Waals surface area contributed by atoms with E-state index < -0.39 is 0 Å². The third-order valence-corrected chi connectivity index (χ3v) is 3.30. The van der Waals surface area contributed by atoms with Crippen LogP contribution in [0.5, 0.6) is 11.5 Å². The number of ether oxygens (including phenoxy) is 2. The summed E-state index contributed by atoms with van der Waals surface area (Å²) in [5, 5.41) is 4.52. The molecule has 0 atom stereocenters. The number of hydrogen-bond donors (Lipinski definition) is 1. The maximum atomic E-state index is 5.59. The molecule has 1 aliphatic rings. The van der Waals surface area contributed by atoms with Crippen LogP contribution < -0.4 is 14.8 Å². The molecule has 1 saturated carbocycles. The van der Waals surface area contributed by atoms with Crippen LogP contribution in [-0.2, 0) is 6.54 Å². The fourth-order valence-corrected chi connectivity index (χ4v) is 2.12. The van der Waals surface area contributed by atoms with Crippen LogP contribution in [0, 0.1) is 0 Å². The molecule has 96 valence electrons. The number of hydrogen-bond acceptors (Lipinski definition) is 4. The molecule has 1 fully saturated rings. The number of benzene rings is 1. The Morgan fingerprint density at radius 1 is 1.28 bits per heavy atom. The van der Waals surface area contributed by atoms with Gasteiger partial charge in [0, 0.05) is 30.3 Å². The Bertz CT molecular complexity index is 557. The normalized spacial score (nSPS) is 15.0. The third-order valence-electron chi connectivity index (χ3n) is 3.30. The van der Waals surface area contributed by atoms with Crippen molar-refractivity contribution in [3.63, 3.8) is 0 Å². The molecule has 0 amide bonds. The van der Waals surface area contributed by atoms with E-state index in [1.807, 2.05) is 12.1 Å². The van der Waals surface area contributed by atoms with Crippen LogP contribution in [0.1, 0.15) is 18.4 Å². The molecule has 1 aromatic carbocycles. The summed E-state index contributed by atoms with van der Waals surface area (Å²) in [5.41, 5.74) is 1.94. The van der Waals surface area contributed by atoms with Crippen LogP contribution in [-0.4, -0.2) is 20.3 Å². The zero-order valence-electron chi connectivity index (χ0n) is 10.7. The summed E-state index contributed by atoms with van der Waals surface area (Å²) in [6, 6.07) is 4.45. The summed E-state index contributed by atoms with van der Waals surface area (Å²) >= 11 is 0. The molecule has 4 heteroatoms. The monoisotopic (exact) mass is 247 g/mol. The summed E-state index contributed by atoms with van der Waals surface area (Å²) in [6.45, 7) is 0.820. The molecule has 0 saturated heterocycles. The minimum atomic E-state index is 0.680. The first kappa shape index (κ1) is 11.4. The van der Waals surface area contributed by atoms with Crippen molar-refractivity contribution in [1.82, 2.24) is 5.32 Å². The molecule has 0 radical (unpaired) electrons. The molecule has 1 aromatic heterocycles. The van der Waals surface area contributed by atoms with Gasteiger partial charge in [0.1, 0.15) is 17.1 Å². The highest BCUT2D eigenvalue weighted by molar-refractivity contribution is 5.89. The second-order valence-corrected chi connectivity index (χ2v) is 4.62. The van der Waals surface area contributed by atoms with E-state index in [2.05, 4.69) is 5.32 Å². The first-order chi connectivity index (χ1) is 8.81. The maximum Gasteiger partial charge on any atom is 0.141 e. The van der Waals surface area contributed by atoms with Crippen molar-refractivity contribution >= 4 is 11.0 Å². The van der Waals surface area contributed by atoms with E-state index in [4.69, 9.17) is 13.9 Å². The van der Waals surface area contributed by atoms with Crippen LogP contribution in [0.15, 0.2) is 22.8 Å². The third kappa shape index (κ3) is 2.04. The first-order valence-corrected chi connectivity index (χ1v) is 6.17. The van der Waals surface area contributed by atoms with Gasteiger partial charge in [-0.3, -0.25) is 0 Å². The van der Waals surface area contributed by atoms with Gasteiger partial charge in [0.2, 0.25) is 0 Å². The summed E-state index contributed by atoms with van der Waals surface area (Å²) in [5.74, 6) is 1.54. The van der Waals surface area contributed by atoms with Gasteiger partial charge < -0.3 is 19.2 Å². The zero-order chi connectivity index (χ0) is 12.5. The molecule has 0 aliphatic heterocycles. The van der Waals surface area contributed by atoms with Gasteiger partial charge in [0.15, 0.2) is 0 Å². The van der Waals surface area contributed by atoms with Crippen molar-refractivity contribution in [2.45, 2.75) is 25.4 Å². The number of furan rings is 1. The molecule has 1 heterocycles. The maximum absolute atomic E-state index is 5.59. The number of fused-ring (bicyclic) bond motifs is 1. The largest absolute Gasteiger partial charge is 0.496 e. The van der Waals surface area contributed by atoms with Crippen molar-refractivity contribution in [3.05, 3.63) is 24.0 Å². The highest BCUT2D eigenvalue weighted by Gasteiger charge is 2.21. The SMILES string of the molecule is COc1cc(OC)c2c(CNC3CC3)coc2c1. The standard InChI is InChI=1S/C14H17NO3/c1-16-11-5-12(17-2)14-9(7-15-10-3-4-10)8-18-13(14)6-11/h5-6,8,10,15H,3-4,7H2,1-2H3. The highest BCUT2D eigenvalue weighted by Crippen LogP contribution is 2.35. The predicted octanol–water partition coefficient (Wildman–Crippen LogP) is 2.70. The van der Waals surface area contributed by atoms with E-state index in [0.717, 1.165) is 34.6 Å². The summed E-state index contributed by atoms with van der Waals surface area (Å²) in [6.07, 6.45) is 4.35. The van der Waals surface area contributed by atoms with E-state index in [1.165, 1.54) is 12.8 Å². The van der Waals surface area contributed by atoms with Gasteiger partial charge in [-0.05, 0) is 12.8 Å². The number of rotatable bonds is 5. The van der Waals surface area contributed by atoms with Crippen LogP contribution >= 0.6 is 0 Å². The van der Waals surface area contributed by atoms with Gasteiger partial charge in [0.25, 0.3) is 0 Å². The molecule has 2 aromatic rings. The van der Waals surface area contributed by atoms with Crippen molar-refractivity contribution < 1.29 is 13.9 Å². The van der Waals surface area contributed by atoms with Crippen molar-refractivity contribution in [1.29, 1.82) is 0 Å². The Hall–Kier alpha value is -1.68. The molecular formula is C14H17NO3. The van der Waals surface area contributed by atoms with Gasteiger partial charge >= 0.3 is 0 Å². The summed E-state index contributed by atoms with van der Waals surface area (Å²) in [7, 11) is 3.30. The lowest BCUT2D eigenvalue weighted by Gasteiger charge is -2.07. The number of nitrogens with one attached hydrogen (secondary N) is 1. The van der Waals surface area contributed by atoms with Crippen LogP contribution in [0.4, 0.5) is 0 Å². The Kier molecular flexibility index (Phi) is 2.88. The fraction of sp³-hybridized carbons (Fsp3) is 0.429. The van der Waals surface area contributed by atoms with Crippen molar-refractivity contribution in [2.24, 2.45) is 0 Å². The second kappa shape index (κ2) is 4.53. The zero-order valence-corrected chi connectivity index (χ0v) is 10.7. The van der Waals surface area contributed by atoms with E-state index in [1.54, 1.807) is 20.5 Å². The summed E-state index contributed by atoms with van der Waals surface area (Å²) < 4.78 is 16.2. The van der Waals surface area contributed by atoms with E-state index in [-0.39, 0.29) is 0 Å². The van der Waals surface area contributed by atoms with Gasteiger partial charge in [-0.2, -0.15) is 0 Å². The Morgan fingerprint density at radius 2 is 2.11 bits per heavy atom. The lowest BCUT2D eigenvalue weighted by atomic mass is 10.1. The van der Waals surface area contributed by atoms with E-state index in [0.29, 0.717) is 6.04 Å². The molecule has 1 aliphatic carbocycles. The molecule has 0 spiro atoms. The molecule has 3 rings (SSSR count). The Balaban J connectivity index is 1.98. The fourth-order valence-electron chi connectivity index (χ4n) is 2.12. The number of methoxy groups -OCH3 is 2. The minimum absolute atomic E-state index is 0.680.